The lowest BCUT2D eigenvalue weighted by molar-refractivity contribution is -0.385. The Hall–Kier alpha value is -3.04. The minimum absolute atomic E-state index is 0.234. The van der Waals surface area contributed by atoms with Crippen molar-refractivity contribution >= 4 is 11.5 Å². The molecule has 10 nitrogen and oxygen atoms in total. The van der Waals surface area contributed by atoms with Crippen LogP contribution in [-0.2, 0) is 0 Å². The number of amidine groups is 1. The minimum Gasteiger partial charge on any atom is -0.409 e. The Kier molecular flexibility index (Phi) is 3.29. The predicted octanol–water partition coefficient (Wildman–Crippen LogP) is 0.282. The van der Waals surface area contributed by atoms with Crippen LogP contribution < -0.4 is 5.73 Å². The number of aromatic nitrogens is 4. The lowest BCUT2D eigenvalue weighted by Gasteiger charge is -2.05. The molecule has 104 valence electrons. The van der Waals surface area contributed by atoms with Crippen LogP contribution in [0.15, 0.2) is 17.3 Å². The van der Waals surface area contributed by atoms with Crippen molar-refractivity contribution in [2.45, 2.75) is 13.8 Å². The number of aryl methyl sites for hydroxylation is 2. The summed E-state index contributed by atoms with van der Waals surface area (Å²) in [5.41, 5.74) is 4.81. The molecule has 0 saturated heterocycles. The highest BCUT2D eigenvalue weighted by atomic mass is 16.6. The van der Waals surface area contributed by atoms with Crippen molar-refractivity contribution in [1.29, 1.82) is 0 Å². The van der Waals surface area contributed by atoms with Crippen molar-refractivity contribution in [1.82, 2.24) is 19.7 Å². The third-order valence-corrected chi connectivity index (χ3v) is 2.50. The maximum Gasteiger partial charge on any atom is 0.298 e. The normalized spacial score (nSPS) is 11.6. The van der Waals surface area contributed by atoms with Crippen LogP contribution in [0.25, 0.3) is 5.82 Å². The van der Waals surface area contributed by atoms with E-state index in [-0.39, 0.29) is 17.2 Å². The van der Waals surface area contributed by atoms with E-state index < -0.39 is 10.8 Å². The van der Waals surface area contributed by atoms with Crippen LogP contribution in [0, 0.1) is 24.0 Å². The molecule has 0 fully saturated rings. The van der Waals surface area contributed by atoms with Gasteiger partial charge in [-0.15, -0.1) is 5.10 Å². The Morgan fingerprint density at radius 3 is 2.65 bits per heavy atom. The summed E-state index contributed by atoms with van der Waals surface area (Å²) in [7, 11) is 0. The quantitative estimate of drug-likeness (QED) is 0.269. The smallest absolute Gasteiger partial charge is 0.298 e. The number of rotatable bonds is 3. The summed E-state index contributed by atoms with van der Waals surface area (Å²) in [5, 5.41) is 26.4. The lowest BCUT2D eigenvalue weighted by Crippen LogP contribution is -2.18. The van der Waals surface area contributed by atoms with Gasteiger partial charge in [-0.3, -0.25) is 10.1 Å². The molecule has 2 heterocycles. The van der Waals surface area contributed by atoms with Crippen molar-refractivity contribution in [3.8, 4) is 5.82 Å². The van der Waals surface area contributed by atoms with Gasteiger partial charge in [0.1, 0.15) is 11.6 Å². The molecule has 0 unspecified atom stereocenters. The standard InChI is InChI=1S/C10H11N7O3/c1-5-12-6(2)16(14-5)8-4-3-7(17(19)20)9(13-8)10(11)15-18/h3-4,18H,1-2H3,(H2,11,15). The van der Waals surface area contributed by atoms with E-state index in [9.17, 15) is 10.1 Å². The molecule has 0 radical (unpaired) electrons. The zero-order valence-corrected chi connectivity index (χ0v) is 10.7. The highest BCUT2D eigenvalue weighted by molar-refractivity contribution is 5.98. The fourth-order valence-corrected chi connectivity index (χ4v) is 1.68. The van der Waals surface area contributed by atoms with Gasteiger partial charge in [-0.25, -0.2) is 9.97 Å². The molecule has 2 aromatic rings. The van der Waals surface area contributed by atoms with Crippen molar-refractivity contribution < 1.29 is 10.1 Å². The van der Waals surface area contributed by atoms with Crippen LogP contribution in [0.4, 0.5) is 5.69 Å². The van der Waals surface area contributed by atoms with Gasteiger partial charge in [-0.2, -0.15) is 4.68 Å². The Labute approximate surface area is 112 Å². The summed E-state index contributed by atoms with van der Waals surface area (Å²) in [4.78, 5) is 18.4. The van der Waals surface area contributed by atoms with Gasteiger partial charge in [0, 0.05) is 6.07 Å². The summed E-state index contributed by atoms with van der Waals surface area (Å²) in [5.74, 6) is 0.936. The van der Waals surface area contributed by atoms with Gasteiger partial charge in [-0.05, 0) is 19.9 Å². The van der Waals surface area contributed by atoms with E-state index in [0.717, 1.165) is 0 Å². The molecule has 3 N–H and O–H groups in total. The Morgan fingerprint density at radius 2 is 2.15 bits per heavy atom. The van der Waals surface area contributed by atoms with Crippen LogP contribution in [0.3, 0.4) is 0 Å². The number of nitrogens with zero attached hydrogens (tertiary/aromatic N) is 6. The number of pyridine rings is 1. The first-order valence-corrected chi connectivity index (χ1v) is 5.48. The summed E-state index contributed by atoms with van der Waals surface area (Å²) in [6.45, 7) is 3.42. The molecule has 0 saturated carbocycles. The highest BCUT2D eigenvalue weighted by Crippen LogP contribution is 2.18. The Balaban J connectivity index is 2.64. The van der Waals surface area contributed by atoms with Crippen LogP contribution in [0.5, 0.6) is 0 Å². The molecule has 0 bridgehead atoms. The maximum atomic E-state index is 10.9. The van der Waals surface area contributed by atoms with E-state index in [1.54, 1.807) is 13.8 Å². The molecule has 0 spiro atoms. The maximum absolute atomic E-state index is 10.9. The van der Waals surface area contributed by atoms with E-state index >= 15 is 0 Å². The van der Waals surface area contributed by atoms with Gasteiger partial charge >= 0.3 is 0 Å². The van der Waals surface area contributed by atoms with E-state index in [0.29, 0.717) is 11.6 Å². The number of nitro groups is 1. The first kappa shape index (κ1) is 13.4. The van der Waals surface area contributed by atoms with E-state index in [1.807, 2.05) is 0 Å². The van der Waals surface area contributed by atoms with E-state index in [2.05, 4.69) is 20.2 Å². The second-order valence-electron chi connectivity index (χ2n) is 3.90. The van der Waals surface area contributed by atoms with Crippen LogP contribution in [0.2, 0.25) is 0 Å². The monoisotopic (exact) mass is 277 g/mol. The SMILES string of the molecule is Cc1nc(C)n(-c2ccc([N+](=O)[O-])c(/C(N)=N/O)n2)n1. The van der Waals surface area contributed by atoms with Crippen molar-refractivity contribution in [3.05, 3.63) is 39.6 Å². The topological polar surface area (TPSA) is 145 Å². The first-order valence-electron chi connectivity index (χ1n) is 5.48. The fraction of sp³-hybridized carbons (Fsp3) is 0.200. The Bertz CT molecular complexity index is 707. The van der Waals surface area contributed by atoms with Gasteiger partial charge in [0.2, 0.25) is 0 Å². The van der Waals surface area contributed by atoms with Crippen LogP contribution in [-0.4, -0.2) is 35.7 Å². The summed E-state index contributed by atoms with van der Waals surface area (Å²) < 4.78 is 1.41. The molecule has 0 aromatic carbocycles. The minimum atomic E-state index is -0.663. The average Bonchev–Trinajstić information content (AvgIpc) is 2.76. The Morgan fingerprint density at radius 1 is 1.45 bits per heavy atom. The second-order valence-corrected chi connectivity index (χ2v) is 3.90. The molecule has 0 atom stereocenters. The largest absolute Gasteiger partial charge is 0.409 e. The number of hydrogen-bond donors (Lipinski definition) is 2. The molecule has 0 aliphatic heterocycles. The fourth-order valence-electron chi connectivity index (χ4n) is 1.68. The van der Waals surface area contributed by atoms with Gasteiger partial charge in [0.25, 0.3) is 5.69 Å². The molecule has 20 heavy (non-hydrogen) atoms. The van der Waals surface area contributed by atoms with Gasteiger partial charge in [0.05, 0.1) is 4.92 Å². The summed E-state index contributed by atoms with van der Waals surface area (Å²) in [6, 6.07) is 2.62. The van der Waals surface area contributed by atoms with Crippen molar-refractivity contribution in [2.75, 3.05) is 0 Å². The molecular formula is C10H11N7O3. The third-order valence-electron chi connectivity index (χ3n) is 2.50. The zero-order valence-electron chi connectivity index (χ0n) is 10.7. The van der Waals surface area contributed by atoms with Crippen LogP contribution in [0.1, 0.15) is 17.3 Å². The molecule has 2 rings (SSSR count). The molecule has 10 heteroatoms. The average molecular weight is 277 g/mol. The number of oxime groups is 1. The number of hydrogen-bond acceptors (Lipinski definition) is 7. The van der Waals surface area contributed by atoms with Gasteiger partial charge < -0.3 is 10.9 Å². The molecule has 0 aliphatic carbocycles. The van der Waals surface area contributed by atoms with Crippen molar-refractivity contribution in [3.63, 3.8) is 0 Å². The van der Waals surface area contributed by atoms with Gasteiger partial charge in [-0.1, -0.05) is 5.16 Å². The third kappa shape index (κ3) is 2.25. The van der Waals surface area contributed by atoms with Crippen molar-refractivity contribution in [2.24, 2.45) is 10.9 Å². The second kappa shape index (κ2) is 4.91. The molecule has 0 amide bonds. The van der Waals surface area contributed by atoms with E-state index in [4.69, 9.17) is 10.9 Å². The summed E-state index contributed by atoms with van der Waals surface area (Å²) >= 11 is 0. The lowest BCUT2D eigenvalue weighted by atomic mass is 10.2. The summed E-state index contributed by atoms with van der Waals surface area (Å²) in [6.07, 6.45) is 0. The molecule has 0 aliphatic rings. The molecular weight excluding hydrogens is 266 g/mol. The first-order chi connectivity index (χ1) is 9.43. The van der Waals surface area contributed by atoms with Gasteiger partial charge in [0.15, 0.2) is 17.3 Å². The zero-order chi connectivity index (χ0) is 14.9. The predicted molar refractivity (Wildman–Crippen MR) is 67.8 cm³/mol. The number of nitrogens with two attached hydrogens (primary N) is 1. The van der Waals surface area contributed by atoms with Crippen LogP contribution >= 0.6 is 0 Å². The highest BCUT2D eigenvalue weighted by Gasteiger charge is 2.21. The molecule has 2 aromatic heterocycles. The van der Waals surface area contributed by atoms with E-state index in [1.165, 1.54) is 16.8 Å².